The summed E-state index contributed by atoms with van der Waals surface area (Å²) in [5.41, 5.74) is -0.464. The number of ether oxygens (including phenoxy) is 2. The minimum absolute atomic E-state index is 0.144. The van der Waals surface area contributed by atoms with Crippen LogP contribution in [0.25, 0.3) is 0 Å². The predicted octanol–water partition coefficient (Wildman–Crippen LogP) is 4.46. The van der Waals surface area contributed by atoms with Crippen molar-refractivity contribution in [3.63, 3.8) is 0 Å². The molecule has 0 saturated heterocycles. The smallest absolute Gasteiger partial charge is 0.407 e. The summed E-state index contributed by atoms with van der Waals surface area (Å²) in [7, 11) is 1.43. The quantitative estimate of drug-likeness (QED) is 0.411. The highest BCUT2D eigenvalue weighted by Gasteiger charge is 2.42. The van der Waals surface area contributed by atoms with E-state index in [1.807, 2.05) is 20.8 Å². The number of rotatable bonds is 7. The van der Waals surface area contributed by atoms with Crippen LogP contribution in [-0.2, 0) is 14.3 Å². The third kappa shape index (κ3) is 6.33. The number of fused-ring (bicyclic) bond motifs is 3. The standard InChI is InChI=1S/C21H35NO4/c1-21(2,3)26-20(24)22-14-18-16-12-10-15(11-13-16)17(18)8-6-5-7-9-19(23)25-4/h6,8,15-18H,5,7,9-14H2,1-4H3,(H,22,24)/b8-6-/t15?,16?,17-,18-/m0/s1. The molecule has 3 fully saturated rings. The number of alkyl carbamates (subject to hydrolysis) is 1. The number of carbonyl (C=O) groups excluding carboxylic acids is 2. The summed E-state index contributed by atoms with van der Waals surface area (Å²) in [6.45, 7) is 6.34. The molecule has 1 N–H and O–H groups in total. The third-order valence-corrected chi connectivity index (χ3v) is 5.68. The van der Waals surface area contributed by atoms with Gasteiger partial charge in [-0.3, -0.25) is 4.79 Å². The van der Waals surface area contributed by atoms with E-state index in [1.54, 1.807) is 0 Å². The van der Waals surface area contributed by atoms with Gasteiger partial charge in [-0.2, -0.15) is 0 Å². The zero-order valence-corrected chi connectivity index (χ0v) is 16.8. The topological polar surface area (TPSA) is 64.6 Å². The molecular formula is C21H35NO4. The fraction of sp³-hybridized carbons (Fsp3) is 0.810. The molecule has 26 heavy (non-hydrogen) atoms. The van der Waals surface area contributed by atoms with Gasteiger partial charge in [0.05, 0.1) is 7.11 Å². The van der Waals surface area contributed by atoms with Gasteiger partial charge in [0.1, 0.15) is 5.60 Å². The monoisotopic (exact) mass is 365 g/mol. The first kappa shape index (κ1) is 20.8. The number of methoxy groups -OCH3 is 1. The van der Waals surface area contributed by atoms with Crippen LogP contribution in [-0.4, -0.2) is 31.3 Å². The van der Waals surface area contributed by atoms with Crippen LogP contribution in [0.2, 0.25) is 0 Å². The molecule has 0 unspecified atom stereocenters. The van der Waals surface area contributed by atoms with E-state index in [-0.39, 0.29) is 12.1 Å². The van der Waals surface area contributed by atoms with Crippen LogP contribution in [0, 0.1) is 23.7 Å². The lowest BCUT2D eigenvalue weighted by atomic mass is 9.58. The Bertz CT molecular complexity index is 501. The summed E-state index contributed by atoms with van der Waals surface area (Å²) in [4.78, 5) is 23.2. The zero-order chi connectivity index (χ0) is 19.2. The molecule has 0 aromatic carbocycles. The number of amides is 1. The maximum absolute atomic E-state index is 12.0. The Labute approximate surface area is 157 Å². The molecule has 3 aliphatic rings. The van der Waals surface area contributed by atoms with Gasteiger partial charge in [0.2, 0.25) is 0 Å². The summed E-state index contributed by atoms with van der Waals surface area (Å²) in [5, 5.41) is 2.99. The van der Waals surface area contributed by atoms with Crippen molar-refractivity contribution in [1.29, 1.82) is 0 Å². The van der Waals surface area contributed by atoms with Gasteiger partial charge in [0, 0.05) is 13.0 Å². The minimum Gasteiger partial charge on any atom is -0.469 e. The molecular weight excluding hydrogens is 330 g/mol. The Balaban J connectivity index is 1.86. The van der Waals surface area contributed by atoms with Crippen LogP contribution in [0.3, 0.4) is 0 Å². The summed E-state index contributed by atoms with van der Waals surface area (Å²) in [6.07, 6.45) is 11.6. The van der Waals surface area contributed by atoms with Gasteiger partial charge in [0.15, 0.2) is 0 Å². The van der Waals surface area contributed by atoms with Crippen LogP contribution in [0.5, 0.6) is 0 Å². The molecule has 5 heteroatoms. The maximum Gasteiger partial charge on any atom is 0.407 e. The van der Waals surface area contributed by atoms with E-state index in [4.69, 9.17) is 4.74 Å². The van der Waals surface area contributed by atoms with Crippen molar-refractivity contribution < 1.29 is 19.1 Å². The van der Waals surface area contributed by atoms with E-state index < -0.39 is 5.60 Å². The van der Waals surface area contributed by atoms with Crippen molar-refractivity contribution in [2.75, 3.05) is 13.7 Å². The molecule has 5 nitrogen and oxygen atoms in total. The molecule has 3 rings (SSSR count). The van der Waals surface area contributed by atoms with Crippen LogP contribution in [0.4, 0.5) is 4.79 Å². The molecule has 1 amide bonds. The molecule has 0 spiro atoms. The average Bonchev–Trinajstić information content (AvgIpc) is 2.59. The lowest BCUT2D eigenvalue weighted by Gasteiger charge is -2.48. The van der Waals surface area contributed by atoms with Gasteiger partial charge in [-0.25, -0.2) is 4.79 Å². The van der Waals surface area contributed by atoms with Crippen LogP contribution >= 0.6 is 0 Å². The fourth-order valence-electron chi connectivity index (χ4n) is 4.46. The van der Waals surface area contributed by atoms with E-state index in [2.05, 4.69) is 22.2 Å². The molecule has 0 heterocycles. The highest BCUT2D eigenvalue weighted by atomic mass is 16.6. The Hall–Kier alpha value is -1.52. The van der Waals surface area contributed by atoms with E-state index in [0.29, 0.717) is 30.7 Å². The van der Waals surface area contributed by atoms with Crippen molar-refractivity contribution in [2.45, 2.75) is 71.3 Å². The van der Waals surface area contributed by atoms with Gasteiger partial charge in [-0.1, -0.05) is 12.2 Å². The average molecular weight is 366 g/mol. The normalized spacial score (nSPS) is 28.2. The molecule has 0 aromatic rings. The molecule has 0 aliphatic heterocycles. The summed E-state index contributed by atoms with van der Waals surface area (Å²) in [5.74, 6) is 2.29. The summed E-state index contributed by atoms with van der Waals surface area (Å²) >= 11 is 0. The Morgan fingerprint density at radius 3 is 2.38 bits per heavy atom. The first-order chi connectivity index (χ1) is 12.3. The number of esters is 1. The van der Waals surface area contributed by atoms with Crippen molar-refractivity contribution in [2.24, 2.45) is 23.7 Å². The summed E-state index contributed by atoms with van der Waals surface area (Å²) < 4.78 is 10.1. The minimum atomic E-state index is -0.464. The first-order valence-corrected chi connectivity index (χ1v) is 10.0. The van der Waals surface area contributed by atoms with Crippen molar-refractivity contribution in [3.05, 3.63) is 12.2 Å². The Morgan fingerprint density at radius 1 is 1.12 bits per heavy atom. The maximum atomic E-state index is 12.0. The number of nitrogens with one attached hydrogen (secondary N) is 1. The second-order valence-electron chi connectivity index (χ2n) is 8.70. The third-order valence-electron chi connectivity index (χ3n) is 5.68. The summed E-state index contributed by atoms with van der Waals surface area (Å²) in [6, 6.07) is 0. The van der Waals surface area contributed by atoms with Crippen LogP contribution < -0.4 is 5.32 Å². The molecule has 0 radical (unpaired) electrons. The fourth-order valence-corrected chi connectivity index (χ4v) is 4.46. The second kappa shape index (κ2) is 9.43. The SMILES string of the molecule is COC(=O)CCC/C=C\[C@H]1C2CCC(CC2)[C@@H]1CNC(=O)OC(C)(C)C. The van der Waals surface area contributed by atoms with E-state index in [9.17, 15) is 9.59 Å². The van der Waals surface area contributed by atoms with Crippen molar-refractivity contribution in [3.8, 4) is 0 Å². The largest absolute Gasteiger partial charge is 0.469 e. The van der Waals surface area contributed by atoms with Gasteiger partial charge in [-0.05, 0) is 83.0 Å². The van der Waals surface area contributed by atoms with E-state index in [1.165, 1.54) is 32.8 Å². The predicted molar refractivity (Wildman–Crippen MR) is 102 cm³/mol. The van der Waals surface area contributed by atoms with Crippen LogP contribution in [0.1, 0.15) is 65.7 Å². The highest BCUT2D eigenvalue weighted by molar-refractivity contribution is 5.69. The Kier molecular flexibility index (Phi) is 7.54. The lowest BCUT2D eigenvalue weighted by Crippen LogP contribution is -2.45. The van der Waals surface area contributed by atoms with Gasteiger partial charge in [-0.15, -0.1) is 0 Å². The molecule has 2 bridgehead atoms. The lowest BCUT2D eigenvalue weighted by molar-refractivity contribution is -0.140. The molecule has 2 atom stereocenters. The van der Waals surface area contributed by atoms with E-state index in [0.717, 1.165) is 18.8 Å². The van der Waals surface area contributed by atoms with Gasteiger partial charge in [0.25, 0.3) is 0 Å². The second-order valence-corrected chi connectivity index (χ2v) is 8.70. The zero-order valence-electron chi connectivity index (χ0n) is 16.8. The van der Waals surface area contributed by atoms with Gasteiger partial charge >= 0.3 is 12.1 Å². The van der Waals surface area contributed by atoms with Gasteiger partial charge < -0.3 is 14.8 Å². The van der Waals surface area contributed by atoms with E-state index >= 15 is 0 Å². The Morgan fingerprint density at radius 2 is 1.77 bits per heavy atom. The molecule has 0 aromatic heterocycles. The molecule has 3 saturated carbocycles. The molecule has 3 aliphatic carbocycles. The highest BCUT2D eigenvalue weighted by Crippen LogP contribution is 2.49. The first-order valence-electron chi connectivity index (χ1n) is 10.0. The number of hydrogen-bond acceptors (Lipinski definition) is 4. The van der Waals surface area contributed by atoms with Crippen molar-refractivity contribution >= 4 is 12.1 Å². The number of allylic oxidation sites excluding steroid dienone is 2. The van der Waals surface area contributed by atoms with Crippen molar-refractivity contribution in [1.82, 2.24) is 5.32 Å². The number of carbonyl (C=O) groups is 2. The number of unbranched alkanes of at least 4 members (excludes halogenated alkanes) is 1. The number of hydrogen-bond donors (Lipinski definition) is 1. The molecule has 148 valence electrons. The van der Waals surface area contributed by atoms with Crippen LogP contribution in [0.15, 0.2) is 12.2 Å².